The third-order valence-corrected chi connectivity index (χ3v) is 4.15. The third kappa shape index (κ3) is 4.32. The Morgan fingerprint density at radius 2 is 1.92 bits per heavy atom. The van der Waals surface area contributed by atoms with Gasteiger partial charge in [0.05, 0.1) is 0 Å². The molecule has 24 heavy (non-hydrogen) atoms. The zero-order valence-corrected chi connectivity index (χ0v) is 13.7. The number of piperidine rings is 1. The molecule has 1 aliphatic heterocycles. The maximum atomic E-state index is 13.2. The monoisotopic (exact) mass is 328 g/mol. The molecule has 0 unspecified atom stereocenters. The minimum absolute atomic E-state index is 0.204. The van der Waals surface area contributed by atoms with Crippen molar-refractivity contribution in [1.82, 2.24) is 4.90 Å². The van der Waals surface area contributed by atoms with Crippen molar-refractivity contribution in [3.63, 3.8) is 0 Å². The van der Waals surface area contributed by atoms with Gasteiger partial charge in [-0.05, 0) is 50.2 Å². The van der Waals surface area contributed by atoms with Gasteiger partial charge in [-0.3, -0.25) is 4.79 Å². The maximum absolute atomic E-state index is 13.2. The number of carbonyl (C=O) groups is 1. The second kappa shape index (κ2) is 7.45. The highest BCUT2D eigenvalue weighted by Crippen LogP contribution is 2.22. The second-order valence-electron chi connectivity index (χ2n) is 6.11. The van der Waals surface area contributed by atoms with Gasteiger partial charge in [-0.15, -0.1) is 0 Å². The molecule has 1 heterocycles. The van der Waals surface area contributed by atoms with Crippen molar-refractivity contribution < 1.29 is 13.9 Å². The molecule has 126 valence electrons. The van der Waals surface area contributed by atoms with Crippen molar-refractivity contribution in [1.29, 1.82) is 0 Å². The van der Waals surface area contributed by atoms with Crippen LogP contribution in [0.1, 0.15) is 23.2 Å². The Morgan fingerprint density at radius 1 is 1.17 bits per heavy atom. The molecule has 1 amide bonds. The molecule has 0 aliphatic carbocycles. The Labute approximate surface area is 141 Å². The molecular weight excluding hydrogens is 307 g/mol. The number of carbonyl (C=O) groups excluding carboxylic acids is 1. The lowest BCUT2D eigenvalue weighted by Gasteiger charge is -2.29. The number of rotatable bonds is 4. The highest BCUT2D eigenvalue weighted by atomic mass is 19.1. The molecule has 1 saturated heterocycles. The third-order valence-electron chi connectivity index (χ3n) is 4.15. The van der Waals surface area contributed by atoms with Gasteiger partial charge in [0.15, 0.2) is 0 Å². The van der Waals surface area contributed by atoms with Crippen molar-refractivity contribution in [3.05, 3.63) is 59.9 Å². The Kier molecular flexibility index (Phi) is 5.11. The molecule has 0 bridgehead atoms. The van der Waals surface area contributed by atoms with Gasteiger partial charge in [0.2, 0.25) is 0 Å². The summed E-state index contributed by atoms with van der Waals surface area (Å²) in [4.78, 5) is 14.5. The van der Waals surface area contributed by atoms with Crippen LogP contribution in [0.4, 0.5) is 10.1 Å². The number of anilines is 1. The van der Waals surface area contributed by atoms with Gasteiger partial charge >= 0.3 is 0 Å². The smallest absolute Gasteiger partial charge is 0.255 e. The maximum Gasteiger partial charge on any atom is 0.255 e. The highest BCUT2D eigenvalue weighted by molar-refractivity contribution is 6.04. The Bertz CT molecular complexity index is 712. The van der Waals surface area contributed by atoms with Crippen molar-refractivity contribution in [3.8, 4) is 5.75 Å². The van der Waals surface area contributed by atoms with Crippen LogP contribution in [0.2, 0.25) is 0 Å². The van der Waals surface area contributed by atoms with Gasteiger partial charge in [-0.2, -0.15) is 0 Å². The van der Waals surface area contributed by atoms with E-state index in [1.54, 1.807) is 18.2 Å². The van der Waals surface area contributed by atoms with E-state index in [1.807, 2.05) is 12.1 Å². The van der Waals surface area contributed by atoms with Gasteiger partial charge in [-0.1, -0.05) is 12.1 Å². The van der Waals surface area contributed by atoms with E-state index >= 15 is 0 Å². The molecule has 0 aromatic heterocycles. The fourth-order valence-corrected chi connectivity index (χ4v) is 2.78. The summed E-state index contributed by atoms with van der Waals surface area (Å²) in [5, 5.41) is 2.78. The van der Waals surface area contributed by atoms with Gasteiger partial charge < -0.3 is 15.0 Å². The number of nitrogens with zero attached hydrogens (tertiary/aromatic N) is 1. The zero-order valence-electron chi connectivity index (χ0n) is 13.7. The van der Waals surface area contributed by atoms with Crippen LogP contribution in [-0.2, 0) is 0 Å². The number of benzene rings is 2. The number of hydrogen-bond donors (Lipinski definition) is 1. The number of halogens is 1. The molecule has 2 aromatic rings. The van der Waals surface area contributed by atoms with Crippen molar-refractivity contribution in [2.24, 2.45) is 0 Å². The summed E-state index contributed by atoms with van der Waals surface area (Å²) in [5.41, 5.74) is 0.923. The fraction of sp³-hybridized carbons (Fsp3) is 0.316. The second-order valence-corrected chi connectivity index (χ2v) is 6.11. The lowest BCUT2D eigenvalue weighted by atomic mass is 10.1. The average molecular weight is 328 g/mol. The normalized spacial score (nSPS) is 15.9. The van der Waals surface area contributed by atoms with E-state index in [9.17, 15) is 9.18 Å². The molecular formula is C19H21FN2O2. The standard InChI is InChI=1S/C19H21FN2O2/c1-22-10-8-17(9-11-22)24-18-7-3-6-16(13-18)21-19(23)14-4-2-5-15(20)12-14/h2-7,12-13,17H,8-11H2,1H3,(H,21,23). The quantitative estimate of drug-likeness (QED) is 0.933. The zero-order chi connectivity index (χ0) is 16.9. The van der Waals surface area contributed by atoms with Crippen molar-refractivity contribution in [2.75, 3.05) is 25.5 Å². The topological polar surface area (TPSA) is 41.6 Å². The van der Waals surface area contributed by atoms with Crippen LogP contribution in [0, 0.1) is 5.82 Å². The van der Waals surface area contributed by atoms with Gasteiger partial charge in [0, 0.05) is 30.4 Å². The number of amides is 1. The minimum atomic E-state index is -0.429. The molecule has 5 heteroatoms. The van der Waals surface area contributed by atoms with Crippen molar-refractivity contribution >= 4 is 11.6 Å². The summed E-state index contributed by atoms with van der Waals surface area (Å²) in [5.74, 6) is -0.0328. The lowest BCUT2D eigenvalue weighted by Crippen LogP contribution is -2.35. The molecule has 2 aromatic carbocycles. The average Bonchev–Trinajstić information content (AvgIpc) is 2.57. The number of ether oxygens (including phenoxy) is 1. The van der Waals surface area contributed by atoms with Crippen LogP contribution >= 0.6 is 0 Å². The predicted octanol–water partition coefficient (Wildman–Crippen LogP) is 3.55. The van der Waals surface area contributed by atoms with Crippen LogP contribution in [0.25, 0.3) is 0 Å². The Balaban J connectivity index is 1.63. The lowest BCUT2D eigenvalue weighted by molar-refractivity contribution is 0.102. The Hall–Kier alpha value is -2.40. The molecule has 1 N–H and O–H groups in total. The first-order chi connectivity index (χ1) is 11.6. The summed E-state index contributed by atoms with van der Waals surface area (Å²) < 4.78 is 19.2. The minimum Gasteiger partial charge on any atom is -0.490 e. The van der Waals surface area contributed by atoms with Gasteiger partial charge in [0.1, 0.15) is 17.7 Å². The molecule has 0 radical (unpaired) electrons. The first-order valence-corrected chi connectivity index (χ1v) is 8.12. The number of likely N-dealkylation sites (tertiary alicyclic amines) is 1. The molecule has 4 nitrogen and oxygen atoms in total. The van der Waals surface area contributed by atoms with E-state index in [0.29, 0.717) is 5.69 Å². The van der Waals surface area contributed by atoms with E-state index in [1.165, 1.54) is 18.2 Å². The number of hydrogen-bond acceptors (Lipinski definition) is 3. The molecule has 3 rings (SSSR count). The van der Waals surface area contributed by atoms with Crippen LogP contribution in [0.5, 0.6) is 5.75 Å². The molecule has 0 saturated carbocycles. The van der Waals surface area contributed by atoms with Crippen LogP contribution < -0.4 is 10.1 Å². The summed E-state index contributed by atoms with van der Waals surface area (Å²) in [6, 6.07) is 12.9. The van der Waals surface area contributed by atoms with E-state index < -0.39 is 5.82 Å². The summed E-state index contributed by atoms with van der Waals surface area (Å²) in [7, 11) is 2.11. The van der Waals surface area contributed by atoms with Crippen LogP contribution in [-0.4, -0.2) is 37.0 Å². The van der Waals surface area contributed by atoms with Crippen molar-refractivity contribution in [2.45, 2.75) is 18.9 Å². The molecule has 0 atom stereocenters. The van der Waals surface area contributed by atoms with E-state index in [-0.39, 0.29) is 17.6 Å². The van der Waals surface area contributed by atoms with E-state index in [0.717, 1.165) is 31.7 Å². The first-order valence-electron chi connectivity index (χ1n) is 8.12. The molecule has 1 aliphatic rings. The predicted molar refractivity (Wildman–Crippen MR) is 91.9 cm³/mol. The number of nitrogens with one attached hydrogen (secondary N) is 1. The van der Waals surface area contributed by atoms with Gasteiger partial charge in [-0.25, -0.2) is 4.39 Å². The van der Waals surface area contributed by atoms with Gasteiger partial charge in [0.25, 0.3) is 5.91 Å². The summed E-state index contributed by atoms with van der Waals surface area (Å²) in [6.07, 6.45) is 2.20. The van der Waals surface area contributed by atoms with Crippen LogP contribution in [0.15, 0.2) is 48.5 Å². The van der Waals surface area contributed by atoms with E-state index in [4.69, 9.17) is 4.74 Å². The molecule has 0 spiro atoms. The Morgan fingerprint density at radius 3 is 2.67 bits per heavy atom. The SMILES string of the molecule is CN1CCC(Oc2cccc(NC(=O)c3cccc(F)c3)c2)CC1. The molecule has 1 fully saturated rings. The summed E-state index contributed by atoms with van der Waals surface area (Å²) in [6.45, 7) is 2.06. The fourth-order valence-electron chi connectivity index (χ4n) is 2.78. The summed E-state index contributed by atoms with van der Waals surface area (Å²) >= 11 is 0. The van der Waals surface area contributed by atoms with E-state index in [2.05, 4.69) is 17.3 Å². The largest absolute Gasteiger partial charge is 0.490 e. The van der Waals surface area contributed by atoms with Crippen LogP contribution in [0.3, 0.4) is 0 Å². The first kappa shape index (κ1) is 16.5. The highest BCUT2D eigenvalue weighted by Gasteiger charge is 2.18.